The summed E-state index contributed by atoms with van der Waals surface area (Å²) < 4.78 is 4.77. The molecule has 0 N–H and O–H groups in total. The van der Waals surface area contributed by atoms with Gasteiger partial charge in [-0.2, -0.15) is 0 Å². The lowest BCUT2D eigenvalue weighted by Gasteiger charge is -2.13. The van der Waals surface area contributed by atoms with Crippen molar-refractivity contribution in [3.63, 3.8) is 0 Å². The number of aromatic nitrogens is 3. The van der Waals surface area contributed by atoms with Gasteiger partial charge >= 0.3 is 0 Å². The minimum atomic E-state index is 0.913. The van der Waals surface area contributed by atoms with Crippen LogP contribution < -0.4 is 0 Å². The molecule has 0 aliphatic heterocycles. The van der Waals surface area contributed by atoms with Crippen LogP contribution in [-0.2, 0) is 0 Å². The van der Waals surface area contributed by atoms with Gasteiger partial charge in [-0.3, -0.25) is 4.57 Å². The maximum absolute atomic E-state index is 5.30. The molecule has 0 atom stereocenters. The van der Waals surface area contributed by atoms with Crippen molar-refractivity contribution in [2.24, 2.45) is 0 Å². The fraction of sp³-hybridized carbons (Fsp3) is 0. The molecular weight excluding hydrogens is 558 g/mol. The molecule has 3 nitrogen and oxygen atoms in total. The van der Waals surface area contributed by atoms with E-state index in [-0.39, 0.29) is 0 Å². The molecule has 10 rings (SSSR count). The Balaban J connectivity index is 1.38. The SMILES string of the molecule is c1ccc(-c2cc(-n3c4ccccc4c4cc5c6c7ccccc7ccc6n(-c6ccccc6)c5cc43)nc3ccccc23)cc1. The summed E-state index contributed by atoms with van der Waals surface area (Å²) in [5.41, 5.74) is 9.16. The molecule has 3 aromatic heterocycles. The molecule has 10 aromatic rings. The van der Waals surface area contributed by atoms with E-state index in [1.807, 2.05) is 0 Å². The van der Waals surface area contributed by atoms with Gasteiger partial charge < -0.3 is 4.57 Å². The fourth-order valence-corrected chi connectivity index (χ4v) is 7.48. The van der Waals surface area contributed by atoms with Crippen molar-refractivity contribution in [3.8, 4) is 22.6 Å². The number of benzene rings is 7. The topological polar surface area (TPSA) is 22.8 Å². The third-order valence-corrected chi connectivity index (χ3v) is 9.48. The molecule has 46 heavy (non-hydrogen) atoms. The van der Waals surface area contributed by atoms with Crippen molar-refractivity contribution in [2.45, 2.75) is 0 Å². The van der Waals surface area contributed by atoms with Crippen LogP contribution in [0.15, 0.2) is 164 Å². The molecular formula is C43H27N3. The average Bonchev–Trinajstić information content (AvgIpc) is 3.63. The van der Waals surface area contributed by atoms with E-state index < -0.39 is 0 Å². The van der Waals surface area contributed by atoms with Crippen LogP contribution in [0.1, 0.15) is 0 Å². The van der Waals surface area contributed by atoms with E-state index >= 15 is 0 Å². The van der Waals surface area contributed by atoms with E-state index in [0.29, 0.717) is 0 Å². The summed E-state index contributed by atoms with van der Waals surface area (Å²) in [6, 6.07) is 58.9. The van der Waals surface area contributed by atoms with E-state index in [2.05, 4.69) is 173 Å². The second-order valence-electron chi connectivity index (χ2n) is 12.0. The maximum atomic E-state index is 5.30. The quantitative estimate of drug-likeness (QED) is 0.202. The van der Waals surface area contributed by atoms with Gasteiger partial charge in [0.25, 0.3) is 0 Å². The van der Waals surface area contributed by atoms with Gasteiger partial charge in [-0.1, -0.05) is 115 Å². The van der Waals surface area contributed by atoms with Crippen LogP contribution >= 0.6 is 0 Å². The third kappa shape index (κ3) is 3.57. The highest BCUT2D eigenvalue weighted by atomic mass is 15.1. The number of pyridine rings is 1. The molecule has 0 aliphatic rings. The van der Waals surface area contributed by atoms with Gasteiger partial charge in [0, 0.05) is 32.6 Å². The molecule has 0 unspecified atom stereocenters. The van der Waals surface area contributed by atoms with Crippen LogP contribution in [0.4, 0.5) is 0 Å². The predicted molar refractivity (Wildman–Crippen MR) is 193 cm³/mol. The summed E-state index contributed by atoms with van der Waals surface area (Å²) in [4.78, 5) is 5.30. The molecule has 0 amide bonds. The molecule has 7 aromatic carbocycles. The van der Waals surface area contributed by atoms with E-state index in [9.17, 15) is 0 Å². The van der Waals surface area contributed by atoms with E-state index in [1.54, 1.807) is 0 Å². The summed E-state index contributed by atoms with van der Waals surface area (Å²) >= 11 is 0. The Kier molecular flexibility index (Phi) is 5.28. The van der Waals surface area contributed by atoms with Gasteiger partial charge in [0.1, 0.15) is 5.82 Å². The first-order valence-corrected chi connectivity index (χ1v) is 15.7. The summed E-state index contributed by atoms with van der Waals surface area (Å²) in [5, 5.41) is 8.64. The maximum Gasteiger partial charge on any atom is 0.138 e. The molecule has 0 aliphatic carbocycles. The Morgan fingerprint density at radius 2 is 1.07 bits per heavy atom. The Morgan fingerprint density at radius 3 is 1.91 bits per heavy atom. The Hall–Kier alpha value is -6.19. The highest BCUT2D eigenvalue weighted by molar-refractivity contribution is 6.25. The van der Waals surface area contributed by atoms with Gasteiger partial charge in [-0.25, -0.2) is 4.98 Å². The first-order valence-electron chi connectivity index (χ1n) is 15.7. The van der Waals surface area contributed by atoms with Crippen LogP contribution in [-0.4, -0.2) is 14.1 Å². The standard InChI is InChI=1S/C43H27N3/c1-3-13-28(14-4-1)34-26-42(44-37-21-11-9-19-32(34)37)46-38-22-12-10-20-33(38)35-25-36-41(27-40(35)46)45(30-16-5-2-6-17-30)39-24-23-29-15-7-8-18-31(29)43(36)39/h1-27H. The smallest absolute Gasteiger partial charge is 0.138 e. The summed E-state index contributed by atoms with van der Waals surface area (Å²) in [7, 11) is 0. The summed E-state index contributed by atoms with van der Waals surface area (Å²) in [6.45, 7) is 0. The van der Waals surface area contributed by atoms with Crippen molar-refractivity contribution in [1.82, 2.24) is 14.1 Å². The van der Waals surface area contributed by atoms with Crippen molar-refractivity contribution < 1.29 is 0 Å². The van der Waals surface area contributed by atoms with Crippen LogP contribution in [0.2, 0.25) is 0 Å². The Morgan fingerprint density at radius 1 is 0.391 bits per heavy atom. The monoisotopic (exact) mass is 585 g/mol. The highest BCUT2D eigenvalue weighted by Crippen LogP contribution is 2.42. The van der Waals surface area contributed by atoms with Crippen molar-refractivity contribution in [3.05, 3.63) is 164 Å². The Bertz CT molecular complexity index is 2790. The lowest BCUT2D eigenvalue weighted by molar-refractivity contribution is 1.10. The van der Waals surface area contributed by atoms with Crippen LogP contribution in [0, 0.1) is 0 Å². The second-order valence-corrected chi connectivity index (χ2v) is 12.0. The Labute approximate surface area is 265 Å². The summed E-state index contributed by atoms with van der Waals surface area (Å²) in [6.07, 6.45) is 0. The van der Waals surface area contributed by atoms with Crippen LogP contribution in [0.25, 0.3) is 87.9 Å². The zero-order chi connectivity index (χ0) is 30.2. The zero-order valence-corrected chi connectivity index (χ0v) is 24.9. The van der Waals surface area contributed by atoms with Gasteiger partial charge in [0.2, 0.25) is 0 Å². The average molecular weight is 586 g/mol. The molecule has 0 saturated carbocycles. The zero-order valence-electron chi connectivity index (χ0n) is 24.9. The molecule has 0 radical (unpaired) electrons. The number of rotatable bonds is 3. The first-order chi connectivity index (χ1) is 22.8. The molecule has 0 bridgehead atoms. The van der Waals surface area contributed by atoms with E-state index in [1.165, 1.54) is 54.5 Å². The van der Waals surface area contributed by atoms with Gasteiger partial charge in [-0.05, 0) is 70.4 Å². The number of hydrogen-bond acceptors (Lipinski definition) is 1. The van der Waals surface area contributed by atoms with Crippen molar-refractivity contribution in [1.29, 1.82) is 0 Å². The normalized spacial score (nSPS) is 11.9. The third-order valence-electron chi connectivity index (χ3n) is 9.48. The minimum Gasteiger partial charge on any atom is -0.309 e. The molecule has 3 heteroatoms. The van der Waals surface area contributed by atoms with Crippen molar-refractivity contribution in [2.75, 3.05) is 0 Å². The van der Waals surface area contributed by atoms with Crippen molar-refractivity contribution >= 4 is 65.3 Å². The van der Waals surface area contributed by atoms with E-state index in [0.717, 1.165) is 33.4 Å². The molecule has 0 fully saturated rings. The number of para-hydroxylation sites is 3. The lowest BCUT2D eigenvalue weighted by atomic mass is 10.0. The van der Waals surface area contributed by atoms with Crippen LogP contribution in [0.3, 0.4) is 0 Å². The first kappa shape index (κ1) is 25.2. The number of hydrogen-bond donors (Lipinski definition) is 0. The van der Waals surface area contributed by atoms with E-state index in [4.69, 9.17) is 4.98 Å². The minimum absolute atomic E-state index is 0.913. The fourth-order valence-electron chi connectivity index (χ4n) is 7.48. The second kappa shape index (κ2) is 9.65. The van der Waals surface area contributed by atoms with Gasteiger partial charge in [0.15, 0.2) is 0 Å². The number of fused-ring (bicyclic) bond motifs is 9. The highest BCUT2D eigenvalue weighted by Gasteiger charge is 2.21. The predicted octanol–water partition coefficient (Wildman–Crippen LogP) is 11.2. The summed E-state index contributed by atoms with van der Waals surface area (Å²) in [5.74, 6) is 0.913. The molecule has 3 heterocycles. The molecule has 0 saturated heterocycles. The molecule has 0 spiro atoms. The van der Waals surface area contributed by atoms with Gasteiger partial charge in [-0.15, -0.1) is 0 Å². The largest absolute Gasteiger partial charge is 0.309 e. The van der Waals surface area contributed by atoms with Crippen LogP contribution in [0.5, 0.6) is 0 Å². The van der Waals surface area contributed by atoms with Gasteiger partial charge in [0.05, 0.1) is 27.6 Å². The molecule has 214 valence electrons. The number of nitrogens with zero attached hydrogens (tertiary/aromatic N) is 3. The lowest BCUT2D eigenvalue weighted by Crippen LogP contribution is -2.00.